The second-order valence-corrected chi connectivity index (χ2v) is 2.94. The predicted molar refractivity (Wildman–Crippen MR) is 48.6 cm³/mol. The summed E-state index contributed by atoms with van der Waals surface area (Å²) in [5, 5.41) is 0. The second kappa shape index (κ2) is 7.98. The minimum absolute atomic E-state index is 0.769. The van der Waals surface area contributed by atoms with E-state index < -0.39 is 0 Å². The fourth-order valence-electron chi connectivity index (χ4n) is 1.15. The van der Waals surface area contributed by atoms with Crippen LogP contribution in [0.4, 0.5) is 0 Å². The van der Waals surface area contributed by atoms with E-state index in [0.29, 0.717) is 0 Å². The number of rotatable bonds is 7. The van der Waals surface area contributed by atoms with Crippen molar-refractivity contribution in [2.24, 2.45) is 11.8 Å². The Balaban J connectivity index is 3.25. The molecule has 1 unspecified atom stereocenters. The van der Waals surface area contributed by atoms with Crippen molar-refractivity contribution in [3.63, 3.8) is 0 Å². The topological polar surface area (TPSA) is 50.1 Å². The molecule has 0 rings (SSSR count). The van der Waals surface area contributed by atoms with Gasteiger partial charge >= 0.3 is 0 Å². The van der Waals surface area contributed by atoms with Gasteiger partial charge in [-0.15, -0.1) is 0 Å². The molecular weight excluding hydrogens is 138 g/mol. The second-order valence-electron chi connectivity index (χ2n) is 2.94. The van der Waals surface area contributed by atoms with E-state index in [1.807, 2.05) is 0 Å². The molecule has 0 fully saturated rings. The minimum Gasteiger partial charge on any atom is -0.258 e. The molecule has 0 aromatic rings. The van der Waals surface area contributed by atoms with Crippen LogP contribution in [0.3, 0.4) is 0 Å². The Morgan fingerprint density at radius 1 is 1.36 bits per heavy atom. The third-order valence-electron chi connectivity index (χ3n) is 2.04. The van der Waals surface area contributed by atoms with Gasteiger partial charge in [0, 0.05) is 6.54 Å². The molecule has 0 saturated carbocycles. The number of nitrogens with two attached hydrogens (primary N) is 1. The summed E-state index contributed by atoms with van der Waals surface area (Å²) in [5.41, 5.74) is 5.39. The lowest BCUT2D eigenvalue weighted by Gasteiger charge is -2.13. The van der Waals surface area contributed by atoms with Gasteiger partial charge in [0.15, 0.2) is 0 Å². The molecule has 0 aliphatic carbocycles. The molecule has 0 aromatic heterocycles. The van der Waals surface area contributed by atoms with Crippen LogP contribution in [0.1, 0.15) is 39.5 Å². The molecule has 0 aromatic carbocycles. The zero-order valence-electron chi connectivity index (χ0n) is 7.69. The quantitative estimate of drug-likeness (QED) is 0.386. The molecule has 4 N–H and O–H groups in total. The lowest BCUT2D eigenvalue weighted by atomic mass is 10.00. The van der Waals surface area contributed by atoms with Crippen molar-refractivity contribution in [3.05, 3.63) is 0 Å². The van der Waals surface area contributed by atoms with Crippen molar-refractivity contribution in [1.82, 2.24) is 11.0 Å². The predicted octanol–water partition coefficient (Wildman–Crippen LogP) is 1.17. The van der Waals surface area contributed by atoms with Gasteiger partial charge < -0.3 is 0 Å². The number of hydrazine groups is 2. The normalized spacial score (nSPS) is 13.4. The van der Waals surface area contributed by atoms with Gasteiger partial charge in [0.25, 0.3) is 0 Å². The van der Waals surface area contributed by atoms with Gasteiger partial charge in [-0.25, -0.2) is 5.43 Å². The molecule has 0 heterocycles. The molecule has 11 heavy (non-hydrogen) atoms. The van der Waals surface area contributed by atoms with Gasteiger partial charge in [0.05, 0.1) is 0 Å². The molecule has 0 spiro atoms. The Morgan fingerprint density at radius 2 is 2.09 bits per heavy atom. The maximum Gasteiger partial charge on any atom is 0.0141 e. The average Bonchev–Trinajstić information content (AvgIpc) is 2.05. The summed E-state index contributed by atoms with van der Waals surface area (Å²) < 4.78 is 0. The molecular formula is C8H21N3. The highest BCUT2D eigenvalue weighted by Crippen LogP contribution is 2.10. The van der Waals surface area contributed by atoms with Gasteiger partial charge in [-0.2, -0.15) is 5.53 Å². The van der Waals surface area contributed by atoms with E-state index >= 15 is 0 Å². The highest BCUT2D eigenvalue weighted by atomic mass is 15.5. The van der Waals surface area contributed by atoms with Crippen molar-refractivity contribution < 1.29 is 0 Å². The number of hydrogen-bond donors (Lipinski definition) is 3. The Bertz CT molecular complexity index is 67.7. The Labute approximate surface area is 69.7 Å². The monoisotopic (exact) mass is 159 g/mol. The van der Waals surface area contributed by atoms with Gasteiger partial charge in [-0.05, 0) is 12.3 Å². The molecule has 0 radical (unpaired) electrons. The highest BCUT2D eigenvalue weighted by molar-refractivity contribution is 4.58. The van der Waals surface area contributed by atoms with E-state index in [0.717, 1.165) is 12.5 Å². The summed E-state index contributed by atoms with van der Waals surface area (Å²) in [6, 6.07) is 0. The first-order valence-corrected chi connectivity index (χ1v) is 4.53. The summed E-state index contributed by atoms with van der Waals surface area (Å²) in [6.45, 7) is 5.42. The first-order chi connectivity index (χ1) is 5.35. The van der Waals surface area contributed by atoms with Crippen LogP contribution < -0.4 is 16.8 Å². The van der Waals surface area contributed by atoms with Gasteiger partial charge in [0.2, 0.25) is 0 Å². The standard InChI is InChI=1S/C8H21N3/c1-3-5-6-8(4-2)7-10-11-9/h8,10-11H,3-7,9H2,1-2H3. The fraction of sp³-hybridized carbons (Fsp3) is 1.00. The first-order valence-electron chi connectivity index (χ1n) is 4.53. The van der Waals surface area contributed by atoms with Crippen molar-refractivity contribution >= 4 is 0 Å². The van der Waals surface area contributed by atoms with Crippen molar-refractivity contribution in [3.8, 4) is 0 Å². The molecule has 3 nitrogen and oxygen atoms in total. The molecule has 0 saturated heterocycles. The molecule has 0 aliphatic heterocycles. The van der Waals surface area contributed by atoms with Gasteiger partial charge in [0.1, 0.15) is 0 Å². The fourth-order valence-corrected chi connectivity index (χ4v) is 1.15. The lowest BCUT2D eigenvalue weighted by molar-refractivity contribution is 0.391. The van der Waals surface area contributed by atoms with Crippen LogP contribution in [0.5, 0.6) is 0 Å². The summed E-state index contributed by atoms with van der Waals surface area (Å²) in [4.78, 5) is 0. The Morgan fingerprint density at radius 3 is 2.55 bits per heavy atom. The molecule has 1 atom stereocenters. The van der Waals surface area contributed by atoms with Crippen LogP contribution in [0.25, 0.3) is 0 Å². The van der Waals surface area contributed by atoms with Crippen LogP contribution >= 0.6 is 0 Å². The Hall–Kier alpha value is -0.120. The Kier molecular flexibility index (Phi) is 7.89. The van der Waals surface area contributed by atoms with Gasteiger partial charge in [-0.3, -0.25) is 5.84 Å². The van der Waals surface area contributed by atoms with Crippen LogP contribution in [-0.2, 0) is 0 Å². The van der Waals surface area contributed by atoms with Crippen molar-refractivity contribution in [1.29, 1.82) is 0 Å². The van der Waals surface area contributed by atoms with Crippen LogP contribution in [0.15, 0.2) is 0 Å². The molecule has 0 bridgehead atoms. The summed E-state index contributed by atoms with van der Waals surface area (Å²) in [6.07, 6.45) is 5.15. The third-order valence-corrected chi connectivity index (χ3v) is 2.04. The SMILES string of the molecule is CCCCC(CC)CNNN. The van der Waals surface area contributed by atoms with Crippen molar-refractivity contribution in [2.45, 2.75) is 39.5 Å². The lowest BCUT2D eigenvalue weighted by Crippen LogP contribution is -2.40. The summed E-state index contributed by atoms with van der Waals surface area (Å²) in [7, 11) is 0. The van der Waals surface area contributed by atoms with E-state index in [1.54, 1.807) is 0 Å². The molecule has 0 aliphatic rings. The number of unbranched alkanes of at least 4 members (excludes halogenated alkanes) is 1. The third kappa shape index (κ3) is 6.28. The van der Waals surface area contributed by atoms with Crippen LogP contribution in [-0.4, -0.2) is 6.54 Å². The number of nitrogens with one attached hydrogen (secondary N) is 2. The first kappa shape index (κ1) is 10.9. The molecule has 0 amide bonds. The largest absolute Gasteiger partial charge is 0.258 e. The zero-order chi connectivity index (χ0) is 8.53. The molecule has 68 valence electrons. The summed E-state index contributed by atoms with van der Waals surface area (Å²) >= 11 is 0. The molecule has 3 heteroatoms. The van der Waals surface area contributed by atoms with Crippen LogP contribution in [0.2, 0.25) is 0 Å². The van der Waals surface area contributed by atoms with E-state index in [2.05, 4.69) is 24.8 Å². The van der Waals surface area contributed by atoms with Crippen LogP contribution in [0, 0.1) is 5.92 Å². The van der Waals surface area contributed by atoms with E-state index in [1.165, 1.54) is 25.7 Å². The maximum atomic E-state index is 5.10. The maximum absolute atomic E-state index is 5.10. The zero-order valence-corrected chi connectivity index (χ0v) is 7.69. The van der Waals surface area contributed by atoms with E-state index in [9.17, 15) is 0 Å². The van der Waals surface area contributed by atoms with Gasteiger partial charge in [-0.1, -0.05) is 33.1 Å². The van der Waals surface area contributed by atoms with E-state index in [4.69, 9.17) is 5.84 Å². The summed E-state index contributed by atoms with van der Waals surface area (Å²) in [5.74, 6) is 5.87. The minimum atomic E-state index is 0.769. The highest BCUT2D eigenvalue weighted by Gasteiger charge is 2.03. The van der Waals surface area contributed by atoms with Crippen molar-refractivity contribution in [2.75, 3.05) is 6.54 Å². The average molecular weight is 159 g/mol. The smallest absolute Gasteiger partial charge is 0.0141 e. The number of hydrogen-bond acceptors (Lipinski definition) is 3. The van der Waals surface area contributed by atoms with E-state index in [-0.39, 0.29) is 0 Å².